The molecule has 8 heavy (non-hydrogen) atoms. The molecular weight excluding hydrogens is 168 g/mol. The summed E-state index contributed by atoms with van der Waals surface area (Å²) >= 11 is 3.31. The van der Waals surface area contributed by atoms with Crippen molar-refractivity contribution in [2.24, 2.45) is 0 Å². The maximum absolute atomic E-state index is 3.31. The van der Waals surface area contributed by atoms with Gasteiger partial charge in [-0.25, -0.2) is 0 Å². The van der Waals surface area contributed by atoms with Crippen LogP contribution in [0.3, 0.4) is 0 Å². The van der Waals surface area contributed by atoms with Crippen molar-refractivity contribution in [3.8, 4) is 0 Å². The molecule has 0 saturated heterocycles. The molecule has 0 fully saturated rings. The largest absolute Gasteiger partial charge is 0.412 e. The Labute approximate surface area is 56.8 Å². The molecule has 0 aliphatic carbocycles. The van der Waals surface area contributed by atoms with Gasteiger partial charge in [-0.2, -0.15) is 0 Å². The molecule has 0 aromatic heterocycles. The second-order valence-electron chi connectivity index (χ2n) is 1.30. The highest BCUT2D eigenvalue weighted by Crippen LogP contribution is 2.05. The van der Waals surface area contributed by atoms with E-state index in [0.29, 0.717) is 0 Å². The van der Waals surface area contributed by atoms with Crippen LogP contribution in [0.25, 0.3) is 0 Å². The smallest absolute Gasteiger partial charge is 0.0175 e. The third-order valence-electron chi connectivity index (χ3n) is 0.733. The standard InChI is InChI=1S/C6H5Br.H2O/c7-6-4-2-1-3-5-6;/h1-5H;1H2. The fourth-order valence-electron chi connectivity index (χ4n) is 0.415. The first-order chi connectivity index (χ1) is 3.39. The van der Waals surface area contributed by atoms with Crippen LogP contribution in [0, 0.1) is 0 Å². The Morgan fingerprint density at radius 3 is 1.75 bits per heavy atom. The molecule has 0 unspecified atom stereocenters. The lowest BCUT2D eigenvalue weighted by Gasteiger charge is -1.80. The van der Waals surface area contributed by atoms with Crippen molar-refractivity contribution in [3.63, 3.8) is 0 Å². The van der Waals surface area contributed by atoms with Crippen molar-refractivity contribution in [1.82, 2.24) is 0 Å². The maximum Gasteiger partial charge on any atom is 0.0175 e. The van der Waals surface area contributed by atoms with Gasteiger partial charge >= 0.3 is 0 Å². The number of halogens is 1. The van der Waals surface area contributed by atoms with Crippen LogP contribution in [0.15, 0.2) is 34.8 Å². The highest BCUT2D eigenvalue weighted by atomic mass is 79.9. The number of rotatable bonds is 0. The normalized spacial score (nSPS) is 7.62. The van der Waals surface area contributed by atoms with Crippen molar-refractivity contribution in [2.75, 3.05) is 0 Å². The Morgan fingerprint density at radius 2 is 1.50 bits per heavy atom. The molecule has 0 atom stereocenters. The summed E-state index contributed by atoms with van der Waals surface area (Å²) in [5.74, 6) is 0. The van der Waals surface area contributed by atoms with Crippen LogP contribution in [-0.2, 0) is 0 Å². The quantitative estimate of drug-likeness (QED) is 0.573. The fraction of sp³-hybridized carbons (Fsp3) is 0. The minimum absolute atomic E-state index is 0. The van der Waals surface area contributed by atoms with Gasteiger partial charge in [0.25, 0.3) is 0 Å². The predicted octanol–water partition coefficient (Wildman–Crippen LogP) is 1.62. The van der Waals surface area contributed by atoms with E-state index in [2.05, 4.69) is 15.9 Å². The molecule has 0 amide bonds. The third-order valence-corrected chi connectivity index (χ3v) is 1.26. The zero-order valence-electron chi connectivity index (χ0n) is 4.26. The fourth-order valence-corrected chi connectivity index (χ4v) is 0.720. The van der Waals surface area contributed by atoms with E-state index in [0.717, 1.165) is 4.47 Å². The van der Waals surface area contributed by atoms with E-state index >= 15 is 0 Å². The molecule has 0 saturated carbocycles. The van der Waals surface area contributed by atoms with Crippen molar-refractivity contribution in [3.05, 3.63) is 34.8 Å². The number of hydrogen-bond donors (Lipinski definition) is 0. The highest BCUT2D eigenvalue weighted by molar-refractivity contribution is 9.10. The molecule has 1 aromatic carbocycles. The van der Waals surface area contributed by atoms with Gasteiger partial charge in [-0.05, 0) is 12.1 Å². The molecule has 1 aromatic rings. The Morgan fingerprint density at radius 1 is 1.00 bits per heavy atom. The van der Waals surface area contributed by atoms with E-state index < -0.39 is 0 Å². The van der Waals surface area contributed by atoms with Crippen LogP contribution in [0.5, 0.6) is 0 Å². The van der Waals surface area contributed by atoms with Gasteiger partial charge in [0.05, 0.1) is 0 Å². The summed E-state index contributed by atoms with van der Waals surface area (Å²) in [4.78, 5) is 0. The molecule has 0 heterocycles. The van der Waals surface area contributed by atoms with E-state index in [1.54, 1.807) is 0 Å². The molecule has 44 valence electrons. The SMILES string of the molecule is Brc1ccccc1.O. The first-order valence-electron chi connectivity index (χ1n) is 2.10. The van der Waals surface area contributed by atoms with E-state index in [4.69, 9.17) is 0 Å². The lowest BCUT2D eigenvalue weighted by molar-refractivity contribution is 0.824. The minimum Gasteiger partial charge on any atom is -0.412 e. The molecule has 0 aliphatic heterocycles. The van der Waals surface area contributed by atoms with Crippen LogP contribution in [0.1, 0.15) is 0 Å². The number of hydrogen-bond acceptors (Lipinski definition) is 0. The Kier molecular flexibility index (Phi) is 3.48. The first-order valence-corrected chi connectivity index (χ1v) is 2.89. The van der Waals surface area contributed by atoms with Crippen molar-refractivity contribution < 1.29 is 5.48 Å². The molecule has 0 spiro atoms. The minimum atomic E-state index is 0. The third kappa shape index (κ3) is 2.09. The monoisotopic (exact) mass is 174 g/mol. The Balaban J connectivity index is 0.000000490. The Bertz CT molecular complexity index is 138. The van der Waals surface area contributed by atoms with Gasteiger partial charge in [-0.3, -0.25) is 0 Å². The topological polar surface area (TPSA) is 31.5 Å². The van der Waals surface area contributed by atoms with Crippen LogP contribution < -0.4 is 0 Å². The highest BCUT2D eigenvalue weighted by Gasteiger charge is 1.74. The van der Waals surface area contributed by atoms with Crippen LogP contribution in [0.2, 0.25) is 0 Å². The van der Waals surface area contributed by atoms with Gasteiger partial charge < -0.3 is 5.48 Å². The van der Waals surface area contributed by atoms with Gasteiger partial charge in [0, 0.05) is 4.47 Å². The molecular formula is C6H7BrO. The van der Waals surface area contributed by atoms with Gasteiger partial charge in [-0.15, -0.1) is 0 Å². The molecule has 2 N–H and O–H groups in total. The van der Waals surface area contributed by atoms with Crippen LogP contribution in [-0.4, -0.2) is 5.48 Å². The summed E-state index contributed by atoms with van der Waals surface area (Å²) in [5.41, 5.74) is 0. The summed E-state index contributed by atoms with van der Waals surface area (Å²) in [6.07, 6.45) is 0. The summed E-state index contributed by atoms with van der Waals surface area (Å²) in [7, 11) is 0. The first kappa shape index (κ1) is 7.66. The van der Waals surface area contributed by atoms with Crippen molar-refractivity contribution >= 4 is 15.9 Å². The second-order valence-corrected chi connectivity index (χ2v) is 2.21. The van der Waals surface area contributed by atoms with E-state index in [9.17, 15) is 0 Å². The van der Waals surface area contributed by atoms with Gasteiger partial charge in [0.2, 0.25) is 0 Å². The summed E-state index contributed by atoms with van der Waals surface area (Å²) < 4.78 is 1.13. The average molecular weight is 175 g/mol. The van der Waals surface area contributed by atoms with E-state index in [-0.39, 0.29) is 5.48 Å². The molecule has 0 bridgehead atoms. The zero-order chi connectivity index (χ0) is 5.11. The van der Waals surface area contributed by atoms with Crippen LogP contribution in [0.4, 0.5) is 0 Å². The molecule has 1 nitrogen and oxygen atoms in total. The summed E-state index contributed by atoms with van der Waals surface area (Å²) in [6.45, 7) is 0. The van der Waals surface area contributed by atoms with Crippen molar-refractivity contribution in [2.45, 2.75) is 0 Å². The van der Waals surface area contributed by atoms with Gasteiger partial charge in [0.1, 0.15) is 0 Å². The van der Waals surface area contributed by atoms with E-state index in [1.807, 2.05) is 30.3 Å². The molecule has 2 heteroatoms. The number of benzene rings is 1. The summed E-state index contributed by atoms with van der Waals surface area (Å²) in [5, 5.41) is 0. The second kappa shape index (κ2) is 3.64. The molecule has 1 rings (SSSR count). The van der Waals surface area contributed by atoms with E-state index in [1.165, 1.54) is 0 Å². The zero-order valence-corrected chi connectivity index (χ0v) is 5.85. The molecule has 0 aliphatic rings. The maximum atomic E-state index is 3.31. The summed E-state index contributed by atoms with van der Waals surface area (Å²) in [6, 6.07) is 9.97. The Hall–Kier alpha value is -0.340. The van der Waals surface area contributed by atoms with Gasteiger partial charge in [-0.1, -0.05) is 34.1 Å². The van der Waals surface area contributed by atoms with Crippen molar-refractivity contribution in [1.29, 1.82) is 0 Å². The predicted molar refractivity (Wildman–Crippen MR) is 37.8 cm³/mol. The lowest BCUT2D eigenvalue weighted by atomic mass is 10.4. The van der Waals surface area contributed by atoms with Gasteiger partial charge in [0.15, 0.2) is 0 Å². The average Bonchev–Trinajstić information content (AvgIpc) is 1.69. The van der Waals surface area contributed by atoms with Crippen LogP contribution >= 0.6 is 15.9 Å². The lowest BCUT2D eigenvalue weighted by Crippen LogP contribution is -1.55. The molecule has 0 radical (unpaired) electrons.